The van der Waals surface area contributed by atoms with Crippen LogP contribution in [0, 0.1) is 19.8 Å². The standard InChI is InChI=1S/C18H26N2O3/c1-12(2)6-8-23-18-17-15(5-7-19-18)13(3)14(4)20(17)11-16-21-9-10-22-16/h5,7,12,16H,6,8-11H2,1-4H3. The number of nitrogens with zero attached hydrogens (tertiary/aromatic N) is 2. The highest BCUT2D eigenvalue weighted by Crippen LogP contribution is 2.31. The van der Waals surface area contributed by atoms with Gasteiger partial charge in [-0.3, -0.25) is 0 Å². The number of hydrogen-bond donors (Lipinski definition) is 0. The zero-order chi connectivity index (χ0) is 16.4. The topological polar surface area (TPSA) is 45.5 Å². The molecule has 1 saturated heterocycles. The number of pyridine rings is 1. The van der Waals surface area contributed by atoms with Crippen LogP contribution in [0.15, 0.2) is 12.3 Å². The Morgan fingerprint density at radius 3 is 2.74 bits per heavy atom. The first-order valence-corrected chi connectivity index (χ1v) is 8.38. The molecule has 0 atom stereocenters. The maximum absolute atomic E-state index is 5.99. The van der Waals surface area contributed by atoms with E-state index in [1.54, 1.807) is 0 Å². The molecule has 0 spiro atoms. The Morgan fingerprint density at radius 2 is 2.04 bits per heavy atom. The van der Waals surface area contributed by atoms with Gasteiger partial charge in [-0.2, -0.15) is 0 Å². The Hall–Kier alpha value is -1.59. The largest absolute Gasteiger partial charge is 0.476 e. The van der Waals surface area contributed by atoms with Crippen LogP contribution in [0.2, 0.25) is 0 Å². The highest BCUT2D eigenvalue weighted by Gasteiger charge is 2.22. The zero-order valence-corrected chi connectivity index (χ0v) is 14.5. The van der Waals surface area contributed by atoms with E-state index in [2.05, 4.69) is 43.3 Å². The predicted molar refractivity (Wildman–Crippen MR) is 89.8 cm³/mol. The quantitative estimate of drug-likeness (QED) is 0.818. The summed E-state index contributed by atoms with van der Waals surface area (Å²) in [6.07, 6.45) is 2.66. The van der Waals surface area contributed by atoms with Gasteiger partial charge in [-0.05, 0) is 37.8 Å². The fourth-order valence-electron chi connectivity index (χ4n) is 2.95. The Kier molecular flexibility index (Phi) is 4.87. The minimum atomic E-state index is -0.188. The van der Waals surface area contributed by atoms with Crippen LogP contribution < -0.4 is 4.74 Å². The fraction of sp³-hybridized carbons (Fsp3) is 0.611. The van der Waals surface area contributed by atoms with Crippen LogP contribution >= 0.6 is 0 Å². The van der Waals surface area contributed by atoms with Gasteiger partial charge in [0.25, 0.3) is 0 Å². The van der Waals surface area contributed by atoms with Gasteiger partial charge in [-0.1, -0.05) is 13.8 Å². The third kappa shape index (κ3) is 3.35. The molecule has 0 saturated carbocycles. The van der Waals surface area contributed by atoms with E-state index in [9.17, 15) is 0 Å². The maximum atomic E-state index is 5.99. The van der Waals surface area contributed by atoms with E-state index in [4.69, 9.17) is 14.2 Å². The summed E-state index contributed by atoms with van der Waals surface area (Å²) in [6.45, 7) is 11.3. The van der Waals surface area contributed by atoms with Crippen molar-refractivity contribution in [3.63, 3.8) is 0 Å². The second-order valence-corrected chi connectivity index (χ2v) is 6.54. The zero-order valence-electron chi connectivity index (χ0n) is 14.5. The van der Waals surface area contributed by atoms with Gasteiger partial charge in [0.1, 0.15) is 5.52 Å². The molecule has 1 fully saturated rings. The van der Waals surface area contributed by atoms with Crippen LogP contribution in [-0.4, -0.2) is 35.7 Å². The molecule has 0 amide bonds. The van der Waals surface area contributed by atoms with Gasteiger partial charge >= 0.3 is 0 Å². The number of aromatic nitrogens is 2. The second kappa shape index (κ2) is 6.89. The predicted octanol–water partition coefficient (Wildman–Crippen LogP) is 3.45. The number of aryl methyl sites for hydroxylation is 1. The van der Waals surface area contributed by atoms with Crippen molar-refractivity contribution in [2.24, 2.45) is 5.92 Å². The molecule has 5 nitrogen and oxygen atoms in total. The minimum absolute atomic E-state index is 0.188. The SMILES string of the molecule is Cc1c(C)n(CC2OCCO2)c2c(OCCC(C)C)nccc12. The van der Waals surface area contributed by atoms with E-state index in [0.29, 0.717) is 38.2 Å². The van der Waals surface area contributed by atoms with Gasteiger partial charge < -0.3 is 18.8 Å². The molecule has 0 aliphatic carbocycles. The van der Waals surface area contributed by atoms with E-state index in [1.165, 1.54) is 16.6 Å². The van der Waals surface area contributed by atoms with Gasteiger partial charge in [0.15, 0.2) is 6.29 Å². The lowest BCUT2D eigenvalue weighted by Crippen LogP contribution is -2.18. The Balaban J connectivity index is 1.94. The van der Waals surface area contributed by atoms with Gasteiger partial charge in [-0.15, -0.1) is 0 Å². The van der Waals surface area contributed by atoms with Crippen LogP contribution in [-0.2, 0) is 16.0 Å². The molecular weight excluding hydrogens is 292 g/mol. The summed E-state index contributed by atoms with van der Waals surface area (Å²) in [6, 6.07) is 2.06. The number of hydrogen-bond acceptors (Lipinski definition) is 4. The highest BCUT2D eigenvalue weighted by molar-refractivity contribution is 5.88. The van der Waals surface area contributed by atoms with Crippen LogP contribution in [0.3, 0.4) is 0 Å². The third-order valence-electron chi connectivity index (χ3n) is 4.47. The first-order chi connectivity index (χ1) is 11.1. The van der Waals surface area contributed by atoms with Crippen molar-refractivity contribution in [1.29, 1.82) is 0 Å². The minimum Gasteiger partial charge on any atom is -0.476 e. The third-order valence-corrected chi connectivity index (χ3v) is 4.47. The molecule has 23 heavy (non-hydrogen) atoms. The van der Waals surface area contributed by atoms with Crippen molar-refractivity contribution in [2.75, 3.05) is 19.8 Å². The summed E-state index contributed by atoms with van der Waals surface area (Å²) in [5, 5.41) is 1.19. The normalized spacial score (nSPS) is 15.9. The van der Waals surface area contributed by atoms with Crippen molar-refractivity contribution < 1.29 is 14.2 Å². The fourth-order valence-corrected chi connectivity index (χ4v) is 2.95. The van der Waals surface area contributed by atoms with Gasteiger partial charge in [0.2, 0.25) is 5.88 Å². The number of ether oxygens (including phenoxy) is 3. The average molecular weight is 318 g/mol. The van der Waals surface area contributed by atoms with Crippen LogP contribution in [0.1, 0.15) is 31.5 Å². The first kappa shape index (κ1) is 16.3. The summed E-state index contributed by atoms with van der Waals surface area (Å²) >= 11 is 0. The summed E-state index contributed by atoms with van der Waals surface area (Å²) in [5.41, 5.74) is 3.51. The van der Waals surface area contributed by atoms with Gasteiger partial charge in [-0.25, -0.2) is 4.98 Å². The molecule has 0 aromatic carbocycles. The molecule has 5 heteroatoms. The smallest absolute Gasteiger partial charge is 0.238 e. The maximum Gasteiger partial charge on any atom is 0.238 e. The lowest BCUT2D eigenvalue weighted by Gasteiger charge is -2.15. The summed E-state index contributed by atoms with van der Waals surface area (Å²) in [5.74, 6) is 1.32. The van der Waals surface area contributed by atoms with Gasteiger partial charge in [0.05, 0.1) is 26.4 Å². The molecule has 126 valence electrons. The van der Waals surface area contributed by atoms with E-state index in [1.807, 2.05) is 6.20 Å². The average Bonchev–Trinajstić information content (AvgIpc) is 3.11. The van der Waals surface area contributed by atoms with Crippen molar-refractivity contribution in [2.45, 2.75) is 47.0 Å². The molecule has 3 heterocycles. The molecule has 2 aromatic rings. The molecule has 2 aromatic heterocycles. The van der Waals surface area contributed by atoms with Crippen molar-refractivity contribution in [3.05, 3.63) is 23.5 Å². The van der Waals surface area contributed by atoms with Crippen molar-refractivity contribution in [1.82, 2.24) is 9.55 Å². The van der Waals surface area contributed by atoms with E-state index in [-0.39, 0.29) is 6.29 Å². The van der Waals surface area contributed by atoms with Crippen LogP contribution in [0.25, 0.3) is 10.9 Å². The lowest BCUT2D eigenvalue weighted by atomic mass is 10.1. The molecule has 0 N–H and O–H groups in total. The molecule has 0 bridgehead atoms. The molecule has 1 aliphatic rings. The number of rotatable bonds is 6. The monoisotopic (exact) mass is 318 g/mol. The van der Waals surface area contributed by atoms with Crippen LogP contribution in [0.5, 0.6) is 5.88 Å². The number of fused-ring (bicyclic) bond motifs is 1. The molecule has 0 radical (unpaired) electrons. The second-order valence-electron chi connectivity index (χ2n) is 6.54. The Morgan fingerprint density at radius 1 is 1.30 bits per heavy atom. The van der Waals surface area contributed by atoms with E-state index in [0.717, 1.165) is 11.9 Å². The first-order valence-electron chi connectivity index (χ1n) is 8.38. The summed E-state index contributed by atoms with van der Waals surface area (Å²) < 4.78 is 19.4. The Bertz CT molecular complexity index is 672. The van der Waals surface area contributed by atoms with E-state index < -0.39 is 0 Å². The molecule has 3 rings (SSSR count). The van der Waals surface area contributed by atoms with E-state index >= 15 is 0 Å². The Labute approximate surface area is 137 Å². The lowest BCUT2D eigenvalue weighted by molar-refractivity contribution is -0.0520. The van der Waals surface area contributed by atoms with Gasteiger partial charge in [0, 0.05) is 17.3 Å². The molecule has 0 unspecified atom stereocenters. The summed E-state index contributed by atoms with van der Waals surface area (Å²) in [7, 11) is 0. The molecular formula is C18H26N2O3. The van der Waals surface area contributed by atoms with Crippen molar-refractivity contribution in [3.8, 4) is 5.88 Å². The highest BCUT2D eigenvalue weighted by atomic mass is 16.7. The summed E-state index contributed by atoms with van der Waals surface area (Å²) in [4.78, 5) is 4.47. The van der Waals surface area contributed by atoms with Crippen molar-refractivity contribution >= 4 is 10.9 Å². The molecule has 1 aliphatic heterocycles. The van der Waals surface area contributed by atoms with Crippen LogP contribution in [0.4, 0.5) is 0 Å².